The van der Waals surface area contributed by atoms with E-state index in [-0.39, 0.29) is 5.91 Å². The number of rotatable bonds is 5. The number of anilines is 1. The van der Waals surface area contributed by atoms with Crippen LogP contribution in [0.5, 0.6) is 0 Å². The highest BCUT2D eigenvalue weighted by Crippen LogP contribution is 2.26. The van der Waals surface area contributed by atoms with Crippen LogP contribution < -0.4 is 4.90 Å². The van der Waals surface area contributed by atoms with E-state index in [1.165, 1.54) is 0 Å². The molecule has 0 aliphatic heterocycles. The van der Waals surface area contributed by atoms with Gasteiger partial charge in [-0.25, -0.2) is 4.98 Å². The van der Waals surface area contributed by atoms with Gasteiger partial charge in [0.15, 0.2) is 0 Å². The maximum Gasteiger partial charge on any atom is 0.238 e. The lowest BCUT2D eigenvalue weighted by atomic mass is 10.2. The number of hydrogen-bond donors (Lipinski definition) is 0. The number of halogens is 2. The zero-order valence-corrected chi connectivity index (χ0v) is 16.3. The molecule has 0 aliphatic rings. The zero-order valence-electron chi connectivity index (χ0n) is 12.3. The number of aryl methyl sites for hydroxylation is 1. The van der Waals surface area contributed by atoms with Crippen molar-refractivity contribution in [3.05, 3.63) is 51.0 Å². The van der Waals surface area contributed by atoms with Crippen molar-refractivity contribution in [2.24, 2.45) is 0 Å². The lowest BCUT2D eigenvalue weighted by molar-refractivity contribution is -0.116. The third kappa shape index (κ3) is 4.57. The molecule has 2 aromatic rings. The molecule has 0 spiro atoms. The molecule has 1 amide bonds. The lowest BCUT2D eigenvalue weighted by Gasteiger charge is -2.20. The average Bonchev–Trinajstić information content (AvgIpc) is 2.49. The van der Waals surface area contributed by atoms with Gasteiger partial charge in [0.25, 0.3) is 0 Å². The third-order valence-corrected chi connectivity index (χ3v) is 5.22. The number of hydrogen-bond acceptors (Lipinski definition) is 3. The van der Waals surface area contributed by atoms with E-state index in [4.69, 9.17) is 0 Å². The zero-order chi connectivity index (χ0) is 16.1. The highest BCUT2D eigenvalue weighted by Gasteiger charge is 2.15. The van der Waals surface area contributed by atoms with Crippen molar-refractivity contribution in [2.45, 2.75) is 18.7 Å². The molecular formula is C16H16Br2N2OS. The largest absolute Gasteiger partial charge is 0.296 e. The Balaban J connectivity index is 2.05. The molecule has 0 saturated carbocycles. The van der Waals surface area contributed by atoms with E-state index in [0.29, 0.717) is 18.1 Å². The number of carbonyl (C=O) groups is 1. The smallest absolute Gasteiger partial charge is 0.238 e. The number of nitrogens with zero attached hydrogens (tertiary/aromatic N) is 2. The average molecular weight is 444 g/mol. The van der Waals surface area contributed by atoms with Gasteiger partial charge in [-0.2, -0.15) is 0 Å². The second-order valence-corrected chi connectivity index (χ2v) is 7.52. The molecule has 1 aromatic carbocycles. The van der Waals surface area contributed by atoms with E-state index in [0.717, 1.165) is 19.4 Å². The second-order valence-electron chi connectivity index (χ2n) is 4.67. The summed E-state index contributed by atoms with van der Waals surface area (Å²) in [6.07, 6.45) is 1.71. The Morgan fingerprint density at radius 1 is 1.23 bits per heavy atom. The van der Waals surface area contributed by atoms with Crippen LogP contribution in [0.3, 0.4) is 0 Å². The molecule has 0 atom stereocenters. The van der Waals surface area contributed by atoms with Gasteiger partial charge in [-0.1, -0.05) is 15.9 Å². The van der Waals surface area contributed by atoms with Gasteiger partial charge in [0.2, 0.25) is 5.91 Å². The lowest BCUT2D eigenvalue weighted by Crippen LogP contribution is -2.32. The summed E-state index contributed by atoms with van der Waals surface area (Å²) in [6.45, 7) is 4.61. The fraction of sp³-hybridized carbons (Fsp3) is 0.250. The van der Waals surface area contributed by atoms with Crippen LogP contribution in [-0.4, -0.2) is 23.2 Å². The summed E-state index contributed by atoms with van der Waals surface area (Å²) in [7, 11) is 0. The molecule has 0 saturated heterocycles. The van der Waals surface area contributed by atoms with E-state index in [1.54, 1.807) is 22.9 Å². The molecule has 0 aliphatic carbocycles. The molecule has 0 N–H and O–H groups in total. The van der Waals surface area contributed by atoms with Crippen molar-refractivity contribution in [3.63, 3.8) is 0 Å². The molecule has 0 unspecified atom stereocenters. The minimum absolute atomic E-state index is 0.0599. The van der Waals surface area contributed by atoms with Crippen molar-refractivity contribution >= 4 is 55.3 Å². The molecule has 2 rings (SSSR count). The molecule has 1 heterocycles. The number of pyridine rings is 1. The molecule has 0 bridgehead atoms. The minimum atomic E-state index is 0.0599. The van der Waals surface area contributed by atoms with Crippen molar-refractivity contribution in [1.82, 2.24) is 4.98 Å². The van der Waals surface area contributed by atoms with Crippen LogP contribution in [0.1, 0.15) is 12.5 Å². The van der Waals surface area contributed by atoms with Gasteiger partial charge in [-0.3, -0.25) is 9.69 Å². The van der Waals surface area contributed by atoms with Crippen LogP contribution >= 0.6 is 43.6 Å². The Morgan fingerprint density at radius 2 is 1.95 bits per heavy atom. The Labute approximate surface area is 151 Å². The van der Waals surface area contributed by atoms with Gasteiger partial charge in [0, 0.05) is 26.6 Å². The molecule has 6 heteroatoms. The molecule has 1 aromatic heterocycles. The monoisotopic (exact) mass is 442 g/mol. The van der Waals surface area contributed by atoms with Gasteiger partial charge < -0.3 is 0 Å². The normalized spacial score (nSPS) is 10.5. The third-order valence-electron chi connectivity index (χ3n) is 3.09. The van der Waals surface area contributed by atoms with Crippen LogP contribution in [0.25, 0.3) is 0 Å². The molecule has 0 fully saturated rings. The maximum atomic E-state index is 12.5. The van der Waals surface area contributed by atoms with E-state index in [1.807, 2.05) is 38.1 Å². The second kappa shape index (κ2) is 8.13. The standard InChI is InChI=1S/C16H16Br2N2OS/c1-3-20(15-7-5-13(18)9-19-15)16(21)10-22-14-6-4-12(17)8-11(14)2/h4-9H,3,10H2,1-2H3. The highest BCUT2D eigenvalue weighted by molar-refractivity contribution is 9.10. The fourth-order valence-corrected chi connectivity index (χ4v) is 3.58. The summed E-state index contributed by atoms with van der Waals surface area (Å²) in [5, 5.41) is 0. The predicted octanol–water partition coefficient (Wildman–Crippen LogP) is 5.06. The Kier molecular flexibility index (Phi) is 6.47. The van der Waals surface area contributed by atoms with Crippen LogP contribution in [0.2, 0.25) is 0 Å². The van der Waals surface area contributed by atoms with Crippen molar-refractivity contribution < 1.29 is 4.79 Å². The van der Waals surface area contributed by atoms with E-state index >= 15 is 0 Å². The minimum Gasteiger partial charge on any atom is -0.296 e. The van der Waals surface area contributed by atoms with Gasteiger partial charge in [0.1, 0.15) is 5.82 Å². The van der Waals surface area contributed by atoms with Gasteiger partial charge in [-0.15, -0.1) is 11.8 Å². The summed E-state index contributed by atoms with van der Waals surface area (Å²) in [5.41, 5.74) is 1.16. The first kappa shape index (κ1) is 17.5. The van der Waals surface area contributed by atoms with Crippen LogP contribution in [-0.2, 0) is 4.79 Å². The molecule has 0 radical (unpaired) electrons. The molecule has 116 valence electrons. The summed E-state index contributed by atoms with van der Waals surface area (Å²) in [4.78, 5) is 19.6. The first-order valence-electron chi connectivity index (χ1n) is 6.82. The topological polar surface area (TPSA) is 33.2 Å². The van der Waals surface area contributed by atoms with Gasteiger partial charge in [0.05, 0.1) is 5.75 Å². The van der Waals surface area contributed by atoms with Gasteiger partial charge in [-0.05, 0) is 65.7 Å². The first-order chi connectivity index (χ1) is 10.5. The van der Waals surface area contributed by atoms with Crippen LogP contribution in [0, 0.1) is 6.92 Å². The summed E-state index contributed by atoms with van der Waals surface area (Å²) >= 11 is 8.36. The molecule has 22 heavy (non-hydrogen) atoms. The summed E-state index contributed by atoms with van der Waals surface area (Å²) < 4.78 is 1.95. The van der Waals surface area contributed by atoms with Gasteiger partial charge >= 0.3 is 0 Å². The van der Waals surface area contributed by atoms with Crippen LogP contribution in [0.4, 0.5) is 5.82 Å². The van der Waals surface area contributed by atoms with Crippen molar-refractivity contribution in [1.29, 1.82) is 0 Å². The Morgan fingerprint density at radius 3 is 2.55 bits per heavy atom. The number of carbonyl (C=O) groups excluding carboxylic acids is 1. The van der Waals surface area contributed by atoms with E-state index in [2.05, 4.69) is 42.9 Å². The first-order valence-corrected chi connectivity index (χ1v) is 9.39. The van der Waals surface area contributed by atoms with E-state index in [9.17, 15) is 4.79 Å². The SMILES string of the molecule is CCN(C(=O)CSc1ccc(Br)cc1C)c1ccc(Br)cn1. The summed E-state index contributed by atoms with van der Waals surface area (Å²) in [6, 6.07) is 9.82. The summed E-state index contributed by atoms with van der Waals surface area (Å²) in [5.74, 6) is 1.14. The number of aromatic nitrogens is 1. The number of benzene rings is 1. The quantitative estimate of drug-likeness (QED) is 0.605. The van der Waals surface area contributed by atoms with E-state index < -0.39 is 0 Å². The Hall–Kier alpha value is -0.850. The fourth-order valence-electron chi connectivity index (χ4n) is 1.99. The van der Waals surface area contributed by atoms with Crippen LogP contribution in [0.15, 0.2) is 50.4 Å². The maximum absolute atomic E-state index is 12.5. The van der Waals surface area contributed by atoms with Crippen molar-refractivity contribution in [3.8, 4) is 0 Å². The van der Waals surface area contributed by atoms with Crippen molar-refractivity contribution in [2.75, 3.05) is 17.2 Å². The molecule has 3 nitrogen and oxygen atoms in total. The molecular weight excluding hydrogens is 428 g/mol. The Bertz CT molecular complexity index is 662. The number of amides is 1. The number of thioether (sulfide) groups is 1. The predicted molar refractivity (Wildman–Crippen MR) is 99.6 cm³/mol. The highest BCUT2D eigenvalue weighted by atomic mass is 79.9.